The molecular weight excluding hydrogens is 260 g/mol. The van der Waals surface area contributed by atoms with Crippen molar-refractivity contribution in [3.63, 3.8) is 0 Å². The molecule has 1 saturated heterocycles. The highest BCUT2D eigenvalue weighted by molar-refractivity contribution is 5.41. The van der Waals surface area contributed by atoms with Crippen LogP contribution in [0.1, 0.15) is 36.5 Å². The minimum absolute atomic E-state index is 0.739. The summed E-state index contributed by atoms with van der Waals surface area (Å²) in [5, 5.41) is 3.46. The molecule has 3 heteroatoms. The average Bonchev–Trinajstić information content (AvgIpc) is 2.73. The van der Waals surface area contributed by atoms with E-state index in [0.29, 0.717) is 0 Å². The largest absolute Gasteiger partial charge is 0.494 e. The van der Waals surface area contributed by atoms with E-state index in [4.69, 9.17) is 4.74 Å². The summed E-state index contributed by atoms with van der Waals surface area (Å²) in [6.45, 7) is 13.1. The summed E-state index contributed by atoms with van der Waals surface area (Å²) in [4.78, 5) is 2.59. The maximum atomic E-state index is 5.67. The molecule has 0 amide bonds. The Labute approximate surface area is 129 Å². The number of hydrogen-bond donors (Lipinski definition) is 1. The van der Waals surface area contributed by atoms with Crippen LogP contribution >= 0.6 is 0 Å². The van der Waals surface area contributed by atoms with E-state index in [-0.39, 0.29) is 0 Å². The molecule has 1 aromatic rings. The van der Waals surface area contributed by atoms with Gasteiger partial charge in [0.2, 0.25) is 0 Å². The number of nitrogens with zero attached hydrogens (tertiary/aromatic N) is 1. The van der Waals surface area contributed by atoms with Crippen molar-refractivity contribution in [3.05, 3.63) is 28.8 Å². The zero-order valence-corrected chi connectivity index (χ0v) is 13.9. The van der Waals surface area contributed by atoms with Crippen molar-refractivity contribution in [2.75, 3.05) is 39.3 Å². The predicted octanol–water partition coefficient (Wildman–Crippen LogP) is 2.93. The first kappa shape index (κ1) is 16.3. The Morgan fingerprint density at radius 2 is 2.00 bits per heavy atom. The molecule has 118 valence electrons. The van der Waals surface area contributed by atoms with Crippen molar-refractivity contribution in [2.45, 2.75) is 40.0 Å². The number of hydrogen-bond acceptors (Lipinski definition) is 3. The highest BCUT2D eigenvalue weighted by atomic mass is 16.5. The Balaban J connectivity index is 1.86. The van der Waals surface area contributed by atoms with Crippen LogP contribution in [0.5, 0.6) is 5.75 Å². The van der Waals surface area contributed by atoms with Gasteiger partial charge >= 0.3 is 0 Å². The molecule has 0 aliphatic carbocycles. The lowest BCUT2D eigenvalue weighted by atomic mass is 10.0. The maximum Gasteiger partial charge on any atom is 0.122 e. The predicted molar refractivity (Wildman–Crippen MR) is 89.3 cm³/mol. The summed E-state index contributed by atoms with van der Waals surface area (Å²) in [6.07, 6.45) is 3.69. The van der Waals surface area contributed by atoms with E-state index in [1.807, 2.05) is 6.92 Å². The quantitative estimate of drug-likeness (QED) is 0.872. The van der Waals surface area contributed by atoms with E-state index in [1.54, 1.807) is 0 Å². The monoisotopic (exact) mass is 290 g/mol. The molecule has 1 N–H and O–H groups in total. The molecule has 1 fully saturated rings. The molecule has 0 radical (unpaired) electrons. The van der Waals surface area contributed by atoms with Crippen LogP contribution in [0.3, 0.4) is 0 Å². The Morgan fingerprint density at radius 1 is 1.14 bits per heavy atom. The lowest BCUT2D eigenvalue weighted by Gasteiger charge is -2.19. The fraction of sp³-hybridized carbons (Fsp3) is 0.667. The van der Waals surface area contributed by atoms with Gasteiger partial charge in [-0.1, -0.05) is 6.07 Å². The minimum Gasteiger partial charge on any atom is -0.494 e. The first-order valence-corrected chi connectivity index (χ1v) is 8.36. The van der Waals surface area contributed by atoms with Crippen LogP contribution in [0.2, 0.25) is 0 Å². The Kier molecular flexibility index (Phi) is 6.52. The fourth-order valence-corrected chi connectivity index (χ4v) is 3.05. The smallest absolute Gasteiger partial charge is 0.122 e. The molecule has 2 rings (SSSR count). The van der Waals surface area contributed by atoms with E-state index < -0.39 is 0 Å². The third-order valence-corrected chi connectivity index (χ3v) is 4.29. The van der Waals surface area contributed by atoms with Gasteiger partial charge in [0, 0.05) is 13.1 Å². The average molecular weight is 290 g/mol. The molecule has 0 unspecified atom stereocenters. The SMILES string of the molecule is CCOc1cc(C)c(CCCN2CCCNCC2)cc1C. The van der Waals surface area contributed by atoms with Crippen molar-refractivity contribution in [1.29, 1.82) is 0 Å². The van der Waals surface area contributed by atoms with Crippen LogP contribution in [-0.2, 0) is 6.42 Å². The molecule has 1 aliphatic heterocycles. The van der Waals surface area contributed by atoms with Crippen LogP contribution < -0.4 is 10.1 Å². The van der Waals surface area contributed by atoms with Crippen LogP contribution in [0.25, 0.3) is 0 Å². The van der Waals surface area contributed by atoms with Gasteiger partial charge in [-0.05, 0) is 82.4 Å². The van der Waals surface area contributed by atoms with Crippen molar-refractivity contribution < 1.29 is 4.74 Å². The summed E-state index contributed by atoms with van der Waals surface area (Å²) in [7, 11) is 0. The van der Waals surface area contributed by atoms with Crippen molar-refractivity contribution in [2.24, 2.45) is 0 Å². The molecule has 1 aliphatic rings. The van der Waals surface area contributed by atoms with Gasteiger partial charge in [0.05, 0.1) is 6.61 Å². The van der Waals surface area contributed by atoms with Gasteiger partial charge in [0.1, 0.15) is 5.75 Å². The number of rotatable bonds is 6. The molecule has 0 spiro atoms. The van der Waals surface area contributed by atoms with Gasteiger partial charge in [-0.2, -0.15) is 0 Å². The van der Waals surface area contributed by atoms with Gasteiger partial charge in [-0.15, -0.1) is 0 Å². The van der Waals surface area contributed by atoms with Gasteiger partial charge in [-0.3, -0.25) is 0 Å². The molecule has 0 aromatic heterocycles. The van der Waals surface area contributed by atoms with Crippen LogP contribution in [0, 0.1) is 13.8 Å². The second kappa shape index (κ2) is 8.40. The number of ether oxygens (including phenoxy) is 1. The van der Waals surface area contributed by atoms with E-state index in [1.165, 1.54) is 62.1 Å². The Bertz CT molecular complexity index is 437. The molecule has 1 aromatic carbocycles. The summed E-state index contributed by atoms with van der Waals surface area (Å²) in [5.74, 6) is 1.04. The molecule has 0 saturated carbocycles. The minimum atomic E-state index is 0.739. The molecule has 3 nitrogen and oxygen atoms in total. The van der Waals surface area contributed by atoms with Crippen LogP contribution in [-0.4, -0.2) is 44.2 Å². The first-order valence-electron chi connectivity index (χ1n) is 8.36. The van der Waals surface area contributed by atoms with Crippen LogP contribution in [0.15, 0.2) is 12.1 Å². The topological polar surface area (TPSA) is 24.5 Å². The molecule has 0 bridgehead atoms. The van der Waals surface area contributed by atoms with E-state index >= 15 is 0 Å². The van der Waals surface area contributed by atoms with Crippen molar-refractivity contribution >= 4 is 0 Å². The fourth-order valence-electron chi connectivity index (χ4n) is 3.05. The maximum absolute atomic E-state index is 5.67. The van der Waals surface area contributed by atoms with Gasteiger partial charge < -0.3 is 15.0 Å². The lowest BCUT2D eigenvalue weighted by molar-refractivity contribution is 0.289. The van der Waals surface area contributed by atoms with Crippen molar-refractivity contribution in [3.8, 4) is 5.75 Å². The third kappa shape index (κ3) is 5.01. The zero-order chi connectivity index (χ0) is 15.1. The van der Waals surface area contributed by atoms with E-state index in [0.717, 1.165) is 18.9 Å². The molecule has 21 heavy (non-hydrogen) atoms. The third-order valence-electron chi connectivity index (χ3n) is 4.29. The second-order valence-corrected chi connectivity index (χ2v) is 6.03. The molecular formula is C18H30N2O. The number of nitrogens with one attached hydrogen (secondary N) is 1. The zero-order valence-electron chi connectivity index (χ0n) is 13.9. The van der Waals surface area contributed by atoms with Gasteiger partial charge in [0.15, 0.2) is 0 Å². The molecule has 1 heterocycles. The summed E-state index contributed by atoms with van der Waals surface area (Å²) in [6, 6.07) is 4.51. The Hall–Kier alpha value is -1.06. The van der Waals surface area contributed by atoms with Crippen LogP contribution in [0.4, 0.5) is 0 Å². The normalized spacial score (nSPS) is 16.7. The summed E-state index contributed by atoms with van der Waals surface area (Å²) in [5.41, 5.74) is 4.10. The first-order chi connectivity index (χ1) is 10.2. The Morgan fingerprint density at radius 3 is 2.81 bits per heavy atom. The van der Waals surface area contributed by atoms with Gasteiger partial charge in [0.25, 0.3) is 0 Å². The molecule has 0 atom stereocenters. The summed E-state index contributed by atoms with van der Waals surface area (Å²) >= 11 is 0. The highest BCUT2D eigenvalue weighted by Crippen LogP contribution is 2.23. The number of aryl methyl sites for hydroxylation is 3. The number of benzene rings is 1. The second-order valence-electron chi connectivity index (χ2n) is 6.03. The lowest BCUT2D eigenvalue weighted by Crippen LogP contribution is -2.29. The van der Waals surface area contributed by atoms with Gasteiger partial charge in [-0.25, -0.2) is 0 Å². The van der Waals surface area contributed by atoms with E-state index in [2.05, 4.69) is 36.2 Å². The highest BCUT2D eigenvalue weighted by Gasteiger charge is 2.09. The summed E-state index contributed by atoms with van der Waals surface area (Å²) < 4.78 is 5.67. The van der Waals surface area contributed by atoms with E-state index in [9.17, 15) is 0 Å². The van der Waals surface area contributed by atoms with Crippen molar-refractivity contribution in [1.82, 2.24) is 10.2 Å². The standard InChI is InChI=1S/C18H30N2O/c1-4-21-18-14-15(2)17(13-16(18)3)7-5-10-20-11-6-8-19-9-12-20/h13-14,19H,4-12H2,1-3H3.